The summed E-state index contributed by atoms with van der Waals surface area (Å²) in [5.74, 6) is -0.590. The van der Waals surface area contributed by atoms with Crippen molar-refractivity contribution in [3.8, 4) is 22.6 Å². The SMILES string of the molecule is O=C(N[C@H]1CCC[C@@H](Nc2cc(-c3ccccc3)nc(-c3c[nH]c4c(F)cc(F)cc34)n2)C1)C1=CCN=N1. The van der Waals surface area contributed by atoms with Crippen LogP contribution in [0, 0.1) is 11.6 Å². The third-order valence-corrected chi connectivity index (χ3v) is 6.88. The lowest BCUT2D eigenvalue weighted by Crippen LogP contribution is -2.42. The van der Waals surface area contributed by atoms with Crippen molar-refractivity contribution in [3.05, 3.63) is 78.1 Å². The third-order valence-electron chi connectivity index (χ3n) is 6.88. The Hall–Kier alpha value is -4.47. The highest BCUT2D eigenvalue weighted by molar-refractivity contribution is 5.95. The number of benzene rings is 2. The first-order valence-electron chi connectivity index (χ1n) is 12.6. The molecule has 1 saturated carbocycles. The first-order chi connectivity index (χ1) is 18.5. The second-order valence-corrected chi connectivity index (χ2v) is 9.53. The monoisotopic (exact) mass is 513 g/mol. The molecular formula is C28H25F2N7O. The summed E-state index contributed by atoms with van der Waals surface area (Å²) in [6.07, 6.45) is 6.77. The summed E-state index contributed by atoms with van der Waals surface area (Å²) in [5.41, 5.74) is 2.65. The van der Waals surface area contributed by atoms with Gasteiger partial charge >= 0.3 is 0 Å². The molecule has 1 aliphatic carbocycles. The zero-order valence-electron chi connectivity index (χ0n) is 20.4. The second-order valence-electron chi connectivity index (χ2n) is 9.53. The predicted molar refractivity (Wildman–Crippen MR) is 140 cm³/mol. The Balaban J connectivity index is 1.30. The molecule has 2 atom stereocenters. The van der Waals surface area contributed by atoms with Gasteiger partial charge in [0.2, 0.25) is 0 Å². The molecule has 0 bridgehead atoms. The molecule has 3 heterocycles. The van der Waals surface area contributed by atoms with Crippen molar-refractivity contribution in [3.63, 3.8) is 0 Å². The number of fused-ring (bicyclic) bond motifs is 1. The summed E-state index contributed by atoms with van der Waals surface area (Å²) in [7, 11) is 0. The Labute approximate surface area is 217 Å². The van der Waals surface area contributed by atoms with Gasteiger partial charge < -0.3 is 15.6 Å². The van der Waals surface area contributed by atoms with E-state index in [1.165, 1.54) is 6.07 Å². The van der Waals surface area contributed by atoms with Crippen LogP contribution in [0.15, 0.2) is 76.7 Å². The molecule has 192 valence electrons. The molecule has 0 saturated heterocycles. The molecule has 2 aromatic heterocycles. The maximum absolute atomic E-state index is 14.4. The van der Waals surface area contributed by atoms with Crippen LogP contribution in [-0.2, 0) is 4.79 Å². The van der Waals surface area contributed by atoms with Gasteiger partial charge in [-0.05, 0) is 37.8 Å². The van der Waals surface area contributed by atoms with Gasteiger partial charge in [-0.15, -0.1) is 0 Å². The number of H-pyrrole nitrogens is 1. The number of halogens is 2. The minimum atomic E-state index is -0.672. The number of azo groups is 1. The van der Waals surface area contributed by atoms with Crippen molar-refractivity contribution in [2.24, 2.45) is 10.2 Å². The van der Waals surface area contributed by atoms with E-state index in [0.717, 1.165) is 37.3 Å². The van der Waals surface area contributed by atoms with Gasteiger partial charge in [0.1, 0.15) is 23.1 Å². The Morgan fingerprint density at radius 1 is 1.03 bits per heavy atom. The normalized spacial score (nSPS) is 18.9. The molecule has 2 aromatic carbocycles. The van der Waals surface area contributed by atoms with Gasteiger partial charge in [0.15, 0.2) is 5.82 Å². The predicted octanol–water partition coefficient (Wildman–Crippen LogP) is 5.76. The Morgan fingerprint density at radius 3 is 2.68 bits per heavy atom. The summed E-state index contributed by atoms with van der Waals surface area (Å²) in [4.78, 5) is 24.9. The second kappa shape index (κ2) is 10.1. The van der Waals surface area contributed by atoms with Crippen molar-refractivity contribution in [1.29, 1.82) is 0 Å². The molecule has 6 rings (SSSR count). The van der Waals surface area contributed by atoms with E-state index >= 15 is 0 Å². The van der Waals surface area contributed by atoms with Crippen molar-refractivity contribution < 1.29 is 13.6 Å². The largest absolute Gasteiger partial charge is 0.367 e. The first kappa shape index (κ1) is 23.9. The number of hydrogen-bond donors (Lipinski definition) is 3. The summed E-state index contributed by atoms with van der Waals surface area (Å²) in [6.45, 7) is 0.438. The molecule has 8 nitrogen and oxygen atoms in total. The van der Waals surface area contributed by atoms with Crippen LogP contribution in [0.25, 0.3) is 33.5 Å². The summed E-state index contributed by atoms with van der Waals surface area (Å²) >= 11 is 0. The van der Waals surface area contributed by atoms with E-state index in [1.807, 2.05) is 36.4 Å². The topological polar surface area (TPSA) is 107 Å². The number of carbonyl (C=O) groups excluding carboxylic acids is 1. The lowest BCUT2D eigenvalue weighted by Gasteiger charge is -2.30. The van der Waals surface area contributed by atoms with Crippen LogP contribution in [-0.4, -0.2) is 39.5 Å². The Morgan fingerprint density at radius 2 is 1.87 bits per heavy atom. The van der Waals surface area contributed by atoms with Crippen LogP contribution in [0.2, 0.25) is 0 Å². The molecular weight excluding hydrogens is 488 g/mol. The third kappa shape index (κ3) is 4.89. The molecule has 0 unspecified atom stereocenters. The average molecular weight is 514 g/mol. The lowest BCUT2D eigenvalue weighted by atomic mass is 9.91. The number of hydrogen-bond acceptors (Lipinski definition) is 6. The number of rotatable bonds is 6. The molecule has 38 heavy (non-hydrogen) atoms. The summed E-state index contributed by atoms with van der Waals surface area (Å²) < 4.78 is 28.4. The maximum atomic E-state index is 14.4. The fourth-order valence-electron chi connectivity index (χ4n) is 5.08. The van der Waals surface area contributed by atoms with Crippen molar-refractivity contribution in [2.45, 2.75) is 37.8 Å². The van der Waals surface area contributed by atoms with E-state index in [0.29, 0.717) is 40.5 Å². The first-order valence-corrected chi connectivity index (χ1v) is 12.6. The van der Waals surface area contributed by atoms with Crippen LogP contribution in [0.1, 0.15) is 25.7 Å². The van der Waals surface area contributed by atoms with Gasteiger partial charge in [-0.2, -0.15) is 10.2 Å². The van der Waals surface area contributed by atoms with Gasteiger partial charge in [-0.3, -0.25) is 4.79 Å². The quantitative estimate of drug-likeness (QED) is 0.305. The van der Waals surface area contributed by atoms with Gasteiger partial charge in [0.25, 0.3) is 5.91 Å². The minimum absolute atomic E-state index is 0.0000748. The highest BCUT2D eigenvalue weighted by Crippen LogP contribution is 2.32. The van der Waals surface area contributed by atoms with E-state index in [2.05, 4.69) is 25.8 Å². The smallest absolute Gasteiger partial charge is 0.271 e. The molecule has 1 aliphatic heterocycles. The van der Waals surface area contributed by atoms with E-state index in [1.54, 1.807) is 12.3 Å². The van der Waals surface area contributed by atoms with Gasteiger partial charge in [0.05, 0.1) is 17.8 Å². The highest BCUT2D eigenvalue weighted by atomic mass is 19.1. The number of nitrogens with one attached hydrogen (secondary N) is 3. The van der Waals surface area contributed by atoms with Crippen LogP contribution in [0.5, 0.6) is 0 Å². The van der Waals surface area contributed by atoms with Gasteiger partial charge in [-0.25, -0.2) is 18.7 Å². The molecule has 0 spiro atoms. The highest BCUT2D eigenvalue weighted by Gasteiger charge is 2.26. The molecule has 3 N–H and O–H groups in total. The molecule has 2 aliphatic rings. The zero-order chi connectivity index (χ0) is 26.1. The number of aromatic nitrogens is 3. The number of anilines is 1. The number of carbonyl (C=O) groups is 1. The fourth-order valence-corrected chi connectivity index (χ4v) is 5.08. The molecule has 0 radical (unpaired) electrons. The van der Waals surface area contributed by atoms with Crippen LogP contribution in [0.4, 0.5) is 14.6 Å². The standard InChI is InChI=1S/C28H25F2N7O/c29-17-11-20-21(15-31-26(20)22(30)12-17)27-35-24(16-5-2-1-3-6-16)14-25(36-27)33-18-7-4-8-19(13-18)34-28(38)23-9-10-32-37-23/h1-3,5-6,9,11-12,14-15,18-19,31H,4,7-8,10,13H2,(H,34,38)(H,33,35,36)/t18-,19+/m1/s1. The van der Waals surface area contributed by atoms with E-state index in [4.69, 9.17) is 9.97 Å². The van der Waals surface area contributed by atoms with Crippen LogP contribution < -0.4 is 10.6 Å². The number of aromatic amines is 1. The number of amides is 1. The van der Waals surface area contributed by atoms with E-state index in [9.17, 15) is 13.6 Å². The zero-order valence-corrected chi connectivity index (χ0v) is 20.4. The van der Waals surface area contributed by atoms with Crippen LogP contribution in [0.3, 0.4) is 0 Å². The summed E-state index contributed by atoms with van der Waals surface area (Å²) in [5, 5.41) is 14.7. The van der Waals surface area contributed by atoms with Crippen molar-refractivity contribution >= 4 is 22.6 Å². The number of nitrogens with zero attached hydrogens (tertiary/aromatic N) is 4. The van der Waals surface area contributed by atoms with Crippen molar-refractivity contribution in [1.82, 2.24) is 20.3 Å². The lowest BCUT2D eigenvalue weighted by molar-refractivity contribution is -0.118. The maximum Gasteiger partial charge on any atom is 0.271 e. The van der Waals surface area contributed by atoms with Gasteiger partial charge in [-0.1, -0.05) is 30.3 Å². The Kier molecular flexibility index (Phi) is 6.36. The molecule has 10 heteroatoms. The molecule has 1 fully saturated rings. The minimum Gasteiger partial charge on any atom is -0.367 e. The summed E-state index contributed by atoms with van der Waals surface area (Å²) in [6, 6.07) is 13.7. The molecule has 1 amide bonds. The Bertz CT molecular complexity index is 1560. The van der Waals surface area contributed by atoms with Gasteiger partial charge in [0, 0.05) is 46.9 Å². The fraction of sp³-hybridized carbons (Fsp3) is 0.250. The average Bonchev–Trinajstić information content (AvgIpc) is 3.60. The van der Waals surface area contributed by atoms with Crippen LogP contribution >= 0.6 is 0 Å². The molecule has 4 aromatic rings. The van der Waals surface area contributed by atoms with E-state index in [-0.39, 0.29) is 23.5 Å². The van der Waals surface area contributed by atoms with Crippen molar-refractivity contribution in [2.75, 3.05) is 11.9 Å². The van der Waals surface area contributed by atoms with E-state index < -0.39 is 11.6 Å².